The highest BCUT2D eigenvalue weighted by molar-refractivity contribution is 5.60. The van der Waals surface area contributed by atoms with Crippen LogP contribution in [-0.4, -0.2) is 26.1 Å². The summed E-state index contributed by atoms with van der Waals surface area (Å²) in [5.74, 6) is 1.70. The highest BCUT2D eigenvalue weighted by Crippen LogP contribution is 2.50. The summed E-state index contributed by atoms with van der Waals surface area (Å²) in [7, 11) is 1.73. The molecule has 0 unspecified atom stereocenters. The number of methoxy groups -OCH3 is 1. The first-order chi connectivity index (χ1) is 9.80. The molecule has 2 aliphatic carbocycles. The number of hydrogen-bond acceptors (Lipinski definition) is 3. The third-order valence-corrected chi connectivity index (χ3v) is 4.94. The summed E-state index contributed by atoms with van der Waals surface area (Å²) in [6, 6.07) is 6.37. The van der Waals surface area contributed by atoms with Crippen LogP contribution < -0.4 is 4.74 Å². The standard InChI is InChI=1S/C17H20O3/c1-18-14-5-4-12-2-3-13-6-7-17(19-8-9-20-17)11-16(13)15(12)10-14/h2-5,10,13,16H,6-9,11H2,1H3/t13-,16+/m0/s1. The predicted octanol–water partition coefficient (Wildman–Crippen LogP) is 3.35. The lowest BCUT2D eigenvalue weighted by molar-refractivity contribution is -0.184. The highest BCUT2D eigenvalue weighted by Gasteiger charge is 2.46. The summed E-state index contributed by atoms with van der Waals surface area (Å²) in [5.41, 5.74) is 2.69. The van der Waals surface area contributed by atoms with Crippen LogP contribution in [0.25, 0.3) is 6.08 Å². The van der Waals surface area contributed by atoms with Gasteiger partial charge in [0.1, 0.15) is 5.75 Å². The van der Waals surface area contributed by atoms with E-state index in [0.717, 1.165) is 38.2 Å². The van der Waals surface area contributed by atoms with E-state index in [1.165, 1.54) is 11.1 Å². The van der Waals surface area contributed by atoms with Crippen LogP contribution in [0.2, 0.25) is 0 Å². The Morgan fingerprint density at radius 3 is 2.90 bits per heavy atom. The van der Waals surface area contributed by atoms with Crippen molar-refractivity contribution in [2.45, 2.75) is 31.0 Å². The number of rotatable bonds is 1. The summed E-state index contributed by atoms with van der Waals surface area (Å²) in [6.07, 6.45) is 7.73. The zero-order valence-electron chi connectivity index (χ0n) is 11.8. The van der Waals surface area contributed by atoms with Gasteiger partial charge >= 0.3 is 0 Å². The molecule has 1 aromatic rings. The van der Waals surface area contributed by atoms with Crippen LogP contribution in [0, 0.1) is 5.92 Å². The van der Waals surface area contributed by atoms with Crippen LogP contribution in [0.3, 0.4) is 0 Å². The number of benzene rings is 1. The number of fused-ring (bicyclic) bond motifs is 3. The molecule has 1 saturated carbocycles. The van der Waals surface area contributed by atoms with Crippen LogP contribution >= 0.6 is 0 Å². The van der Waals surface area contributed by atoms with Gasteiger partial charge in [0.05, 0.1) is 20.3 Å². The molecule has 106 valence electrons. The van der Waals surface area contributed by atoms with Crippen molar-refractivity contribution < 1.29 is 14.2 Å². The van der Waals surface area contributed by atoms with E-state index in [-0.39, 0.29) is 5.79 Å². The molecule has 0 amide bonds. The maximum Gasteiger partial charge on any atom is 0.169 e. The molecular weight excluding hydrogens is 252 g/mol. The highest BCUT2D eigenvalue weighted by atomic mass is 16.7. The first-order valence-electron chi connectivity index (χ1n) is 7.44. The molecule has 0 radical (unpaired) electrons. The summed E-state index contributed by atoms with van der Waals surface area (Å²) < 4.78 is 17.2. The van der Waals surface area contributed by atoms with E-state index < -0.39 is 0 Å². The lowest BCUT2D eigenvalue weighted by atomic mass is 9.69. The Bertz CT molecular complexity index is 543. The molecule has 0 N–H and O–H groups in total. The monoisotopic (exact) mass is 272 g/mol. The Hall–Kier alpha value is -1.32. The second kappa shape index (κ2) is 4.61. The van der Waals surface area contributed by atoms with Crippen LogP contribution in [0.15, 0.2) is 24.3 Å². The average Bonchev–Trinajstić information content (AvgIpc) is 2.94. The maximum absolute atomic E-state index is 5.92. The van der Waals surface area contributed by atoms with Crippen LogP contribution in [0.1, 0.15) is 36.3 Å². The first-order valence-corrected chi connectivity index (χ1v) is 7.44. The molecule has 4 rings (SSSR count). The lowest BCUT2D eigenvalue weighted by Crippen LogP contribution is -2.39. The van der Waals surface area contributed by atoms with Gasteiger partial charge in [-0.1, -0.05) is 18.2 Å². The van der Waals surface area contributed by atoms with E-state index in [9.17, 15) is 0 Å². The Labute approximate surface area is 119 Å². The molecule has 3 nitrogen and oxygen atoms in total. The van der Waals surface area contributed by atoms with E-state index in [0.29, 0.717) is 11.8 Å². The van der Waals surface area contributed by atoms with Crippen molar-refractivity contribution in [3.8, 4) is 5.75 Å². The van der Waals surface area contributed by atoms with E-state index >= 15 is 0 Å². The minimum atomic E-state index is -0.327. The minimum absolute atomic E-state index is 0.327. The Morgan fingerprint density at radius 1 is 1.25 bits per heavy atom. The Balaban J connectivity index is 1.71. The molecule has 20 heavy (non-hydrogen) atoms. The molecule has 1 aliphatic heterocycles. The lowest BCUT2D eigenvalue weighted by Gasteiger charge is -2.42. The quantitative estimate of drug-likeness (QED) is 0.784. The molecule has 3 heteroatoms. The van der Waals surface area contributed by atoms with E-state index in [1.807, 2.05) is 6.07 Å². The van der Waals surface area contributed by atoms with Crippen molar-refractivity contribution in [2.24, 2.45) is 5.92 Å². The fourth-order valence-corrected chi connectivity index (χ4v) is 3.89. The Kier molecular flexibility index (Phi) is 2.86. The largest absolute Gasteiger partial charge is 0.497 e. The Morgan fingerprint density at radius 2 is 2.10 bits per heavy atom. The van der Waals surface area contributed by atoms with Crippen LogP contribution in [-0.2, 0) is 9.47 Å². The summed E-state index contributed by atoms with van der Waals surface area (Å²) in [4.78, 5) is 0. The van der Waals surface area contributed by atoms with Gasteiger partial charge < -0.3 is 14.2 Å². The zero-order chi connectivity index (χ0) is 13.6. The predicted molar refractivity (Wildman–Crippen MR) is 76.7 cm³/mol. The van der Waals surface area contributed by atoms with Crippen molar-refractivity contribution >= 4 is 6.08 Å². The van der Waals surface area contributed by atoms with Gasteiger partial charge in [-0.3, -0.25) is 0 Å². The van der Waals surface area contributed by atoms with Crippen molar-refractivity contribution in [1.29, 1.82) is 0 Å². The summed E-state index contributed by atoms with van der Waals surface area (Å²) >= 11 is 0. The average molecular weight is 272 g/mol. The summed E-state index contributed by atoms with van der Waals surface area (Å²) in [5, 5.41) is 0. The van der Waals surface area contributed by atoms with E-state index in [4.69, 9.17) is 14.2 Å². The molecule has 1 aromatic carbocycles. The molecule has 1 saturated heterocycles. The van der Waals surface area contributed by atoms with Crippen molar-refractivity contribution in [3.63, 3.8) is 0 Å². The number of hydrogen-bond donors (Lipinski definition) is 0. The molecule has 0 bridgehead atoms. The fourth-order valence-electron chi connectivity index (χ4n) is 3.89. The third-order valence-electron chi connectivity index (χ3n) is 4.94. The van der Waals surface area contributed by atoms with Gasteiger partial charge in [0.25, 0.3) is 0 Å². The molecular formula is C17H20O3. The maximum atomic E-state index is 5.92. The van der Waals surface area contributed by atoms with Crippen molar-refractivity contribution in [3.05, 3.63) is 35.4 Å². The number of allylic oxidation sites excluding steroid dienone is 1. The van der Waals surface area contributed by atoms with Gasteiger partial charge in [0.15, 0.2) is 5.79 Å². The first kappa shape index (κ1) is 12.4. The van der Waals surface area contributed by atoms with Crippen LogP contribution in [0.4, 0.5) is 0 Å². The van der Waals surface area contributed by atoms with Gasteiger partial charge in [-0.25, -0.2) is 0 Å². The van der Waals surface area contributed by atoms with E-state index in [1.54, 1.807) is 7.11 Å². The molecule has 1 heterocycles. The molecule has 1 spiro atoms. The van der Waals surface area contributed by atoms with Crippen molar-refractivity contribution in [2.75, 3.05) is 20.3 Å². The summed E-state index contributed by atoms with van der Waals surface area (Å²) in [6.45, 7) is 1.47. The minimum Gasteiger partial charge on any atom is -0.497 e. The zero-order valence-corrected chi connectivity index (χ0v) is 11.8. The number of ether oxygens (including phenoxy) is 3. The molecule has 0 aromatic heterocycles. The van der Waals surface area contributed by atoms with Crippen molar-refractivity contribution in [1.82, 2.24) is 0 Å². The second-order valence-corrected chi connectivity index (χ2v) is 5.97. The van der Waals surface area contributed by atoms with Gasteiger partial charge in [-0.05, 0) is 41.5 Å². The van der Waals surface area contributed by atoms with Gasteiger partial charge in [0.2, 0.25) is 0 Å². The smallest absolute Gasteiger partial charge is 0.169 e. The van der Waals surface area contributed by atoms with Crippen LogP contribution in [0.5, 0.6) is 5.75 Å². The van der Waals surface area contributed by atoms with Gasteiger partial charge in [-0.2, -0.15) is 0 Å². The van der Waals surface area contributed by atoms with Gasteiger partial charge in [0, 0.05) is 12.8 Å². The molecule has 2 atom stereocenters. The molecule has 2 fully saturated rings. The topological polar surface area (TPSA) is 27.7 Å². The SMILES string of the molecule is COc1ccc2c(c1)[C@@H]1CC3(CC[C@@H]1C=C2)OCCO3. The third kappa shape index (κ3) is 1.88. The normalized spacial score (nSPS) is 30.1. The van der Waals surface area contributed by atoms with Gasteiger partial charge in [-0.15, -0.1) is 0 Å². The second-order valence-electron chi connectivity index (χ2n) is 5.97. The molecule has 3 aliphatic rings. The fraction of sp³-hybridized carbons (Fsp3) is 0.529. The van der Waals surface area contributed by atoms with E-state index in [2.05, 4.69) is 24.3 Å².